The van der Waals surface area contributed by atoms with E-state index in [1.165, 1.54) is 12.3 Å². The molecule has 4 aromatic rings. The van der Waals surface area contributed by atoms with Gasteiger partial charge in [-0.2, -0.15) is 0 Å². The number of carbonyl (C=O) groups excluding carboxylic acids is 1. The number of hydrogen-bond donors (Lipinski definition) is 0. The molecule has 34 heavy (non-hydrogen) atoms. The van der Waals surface area contributed by atoms with E-state index in [-0.39, 0.29) is 18.1 Å². The molecule has 8 heteroatoms. The number of pyridine rings is 3. The number of piperidine rings is 1. The number of likely N-dealkylation sites (tertiary alicyclic amines) is 1. The number of fused-ring (bicyclic) bond motifs is 1. The molecule has 0 aliphatic carbocycles. The van der Waals surface area contributed by atoms with E-state index in [2.05, 4.69) is 38.7 Å². The number of halogens is 1. The summed E-state index contributed by atoms with van der Waals surface area (Å²) in [5, 5.41) is 1.70. The van der Waals surface area contributed by atoms with Crippen LogP contribution in [0, 0.1) is 5.82 Å². The van der Waals surface area contributed by atoms with Gasteiger partial charge in [0, 0.05) is 47.2 Å². The second kappa shape index (κ2) is 9.38. The van der Waals surface area contributed by atoms with Gasteiger partial charge in [-0.1, -0.05) is 0 Å². The van der Waals surface area contributed by atoms with Crippen molar-refractivity contribution >= 4 is 16.6 Å². The Morgan fingerprint density at radius 1 is 1.09 bits per heavy atom. The minimum Gasteiger partial charge on any atom is -0.448 e. The quantitative estimate of drug-likeness (QED) is 0.382. The van der Waals surface area contributed by atoms with Crippen LogP contribution in [0.3, 0.4) is 0 Å². The maximum Gasteiger partial charge on any atom is 0.197 e. The molecule has 0 amide bonds. The second-order valence-corrected chi connectivity index (χ2v) is 9.06. The smallest absolute Gasteiger partial charge is 0.197 e. The average Bonchev–Trinajstić information content (AvgIpc) is 3.34. The first-order valence-electron chi connectivity index (χ1n) is 11.5. The molecule has 1 saturated heterocycles. The summed E-state index contributed by atoms with van der Waals surface area (Å²) < 4.78 is 19.2. The van der Waals surface area contributed by atoms with Gasteiger partial charge in [0.05, 0.1) is 18.3 Å². The number of Topliss-reactive ketones (excluding diaryl/α,β-unsaturated/α-hetero) is 1. The van der Waals surface area contributed by atoms with Gasteiger partial charge in [-0.15, -0.1) is 0 Å². The summed E-state index contributed by atoms with van der Waals surface area (Å²) in [5.41, 5.74) is 2.16. The lowest BCUT2D eigenvalue weighted by Gasteiger charge is -2.33. The Morgan fingerprint density at radius 3 is 2.65 bits per heavy atom. The van der Waals surface area contributed by atoms with Crippen molar-refractivity contribution in [1.29, 1.82) is 0 Å². The number of hydrogen-bond acceptors (Lipinski definition) is 7. The number of oxazole rings is 1. The molecule has 0 bridgehead atoms. The van der Waals surface area contributed by atoms with E-state index in [1.54, 1.807) is 18.6 Å². The van der Waals surface area contributed by atoms with Crippen LogP contribution in [0.2, 0.25) is 0 Å². The lowest BCUT2D eigenvalue weighted by molar-refractivity contribution is 0.0987. The van der Waals surface area contributed by atoms with Gasteiger partial charge >= 0.3 is 0 Å². The minimum absolute atomic E-state index is 0.118. The van der Waals surface area contributed by atoms with Gasteiger partial charge < -0.3 is 9.32 Å². The highest BCUT2D eigenvalue weighted by molar-refractivity contribution is 5.96. The Labute approximate surface area is 197 Å². The fourth-order valence-corrected chi connectivity index (χ4v) is 4.41. The molecule has 0 saturated carbocycles. The molecule has 1 fully saturated rings. The van der Waals surface area contributed by atoms with Gasteiger partial charge in [0.25, 0.3) is 0 Å². The summed E-state index contributed by atoms with van der Waals surface area (Å²) in [7, 11) is 0. The molecule has 0 unspecified atom stereocenters. The maximum atomic E-state index is 13.6. The Balaban J connectivity index is 1.30. The van der Waals surface area contributed by atoms with Crippen molar-refractivity contribution in [2.75, 3.05) is 13.1 Å². The summed E-state index contributed by atoms with van der Waals surface area (Å²) in [4.78, 5) is 32.5. The molecule has 5 rings (SSSR count). The van der Waals surface area contributed by atoms with Crippen LogP contribution in [0.4, 0.5) is 4.39 Å². The molecule has 5 heterocycles. The monoisotopic (exact) mass is 459 g/mol. The summed E-state index contributed by atoms with van der Waals surface area (Å²) in [5.74, 6) is 0.346. The third-order valence-corrected chi connectivity index (χ3v) is 6.42. The largest absolute Gasteiger partial charge is 0.448 e. The van der Waals surface area contributed by atoms with Crippen molar-refractivity contribution in [3.63, 3.8) is 0 Å². The van der Waals surface area contributed by atoms with Crippen LogP contribution in [0.25, 0.3) is 22.0 Å². The molecule has 1 aliphatic rings. The van der Waals surface area contributed by atoms with E-state index >= 15 is 0 Å². The zero-order valence-electron chi connectivity index (χ0n) is 19.2. The summed E-state index contributed by atoms with van der Waals surface area (Å²) in [6.45, 7) is 6.44. The van der Waals surface area contributed by atoms with E-state index in [0.717, 1.165) is 42.9 Å². The molecule has 0 radical (unpaired) electrons. The molecule has 174 valence electrons. The highest BCUT2D eigenvalue weighted by Gasteiger charge is 2.26. The van der Waals surface area contributed by atoms with E-state index < -0.39 is 5.82 Å². The van der Waals surface area contributed by atoms with Gasteiger partial charge in [-0.3, -0.25) is 19.7 Å². The molecular formula is C26H26FN5O2. The summed E-state index contributed by atoms with van der Waals surface area (Å²) in [6.07, 6.45) is 9.64. The molecule has 7 nitrogen and oxygen atoms in total. The normalized spacial score (nSPS) is 15.3. The number of aromatic nitrogens is 4. The topological polar surface area (TPSA) is 85.0 Å². The fourth-order valence-electron chi connectivity index (χ4n) is 4.41. The van der Waals surface area contributed by atoms with Gasteiger partial charge in [0.1, 0.15) is 17.8 Å². The Bertz CT molecular complexity index is 1330. The number of carbonyl (C=O) groups is 1. The first kappa shape index (κ1) is 22.3. The minimum atomic E-state index is -0.419. The van der Waals surface area contributed by atoms with E-state index in [1.807, 2.05) is 12.1 Å². The molecule has 0 spiro atoms. The molecule has 4 aromatic heterocycles. The van der Waals surface area contributed by atoms with E-state index in [4.69, 9.17) is 4.42 Å². The number of nitrogens with zero attached hydrogens (tertiary/aromatic N) is 5. The van der Waals surface area contributed by atoms with Crippen molar-refractivity contribution in [1.82, 2.24) is 24.8 Å². The molecular weight excluding hydrogens is 433 g/mol. The van der Waals surface area contributed by atoms with Crippen molar-refractivity contribution in [2.45, 2.75) is 45.1 Å². The average molecular weight is 460 g/mol. The third-order valence-electron chi connectivity index (χ3n) is 6.42. The first-order chi connectivity index (χ1) is 16.5. The molecule has 1 aliphatic heterocycles. The molecule has 0 aromatic carbocycles. The van der Waals surface area contributed by atoms with Crippen LogP contribution in [-0.4, -0.2) is 49.8 Å². The van der Waals surface area contributed by atoms with Gasteiger partial charge in [0.2, 0.25) is 0 Å². The van der Waals surface area contributed by atoms with Crippen LogP contribution in [0.5, 0.6) is 0 Å². The lowest BCUT2D eigenvalue weighted by atomic mass is 9.96. The van der Waals surface area contributed by atoms with Crippen LogP contribution in [0.1, 0.15) is 54.7 Å². The van der Waals surface area contributed by atoms with Crippen LogP contribution >= 0.6 is 0 Å². The van der Waals surface area contributed by atoms with Crippen LogP contribution < -0.4 is 0 Å². The molecule has 0 atom stereocenters. The number of ketones is 1. The summed E-state index contributed by atoms with van der Waals surface area (Å²) in [6, 6.07) is 5.63. The Morgan fingerprint density at radius 2 is 1.88 bits per heavy atom. The third kappa shape index (κ3) is 4.72. The highest BCUT2D eigenvalue weighted by atomic mass is 19.1. The highest BCUT2D eigenvalue weighted by Crippen LogP contribution is 2.28. The second-order valence-electron chi connectivity index (χ2n) is 9.06. The standard InChI is InChI=1S/C26H26FN5O2/c1-16(2)32-5-3-17(4-6-32)26-31-24(15-34-26)25(33)10-22-8-18-9-23(30-13-20(18)12-29-22)19-7-21(27)14-28-11-19/h7-9,11-17H,3-6,10H2,1-2H3. The van der Waals surface area contributed by atoms with Gasteiger partial charge in [-0.25, -0.2) is 9.37 Å². The lowest BCUT2D eigenvalue weighted by Crippen LogP contribution is -2.37. The zero-order chi connectivity index (χ0) is 23.7. The summed E-state index contributed by atoms with van der Waals surface area (Å²) >= 11 is 0. The Hall–Kier alpha value is -3.52. The van der Waals surface area contributed by atoms with Crippen LogP contribution in [-0.2, 0) is 6.42 Å². The fraction of sp³-hybridized carbons (Fsp3) is 0.346. The first-order valence-corrected chi connectivity index (χ1v) is 11.5. The van der Waals surface area contributed by atoms with Gasteiger partial charge in [-0.05, 0) is 63.4 Å². The van der Waals surface area contributed by atoms with Crippen molar-refractivity contribution in [3.8, 4) is 11.3 Å². The van der Waals surface area contributed by atoms with Crippen molar-refractivity contribution < 1.29 is 13.6 Å². The predicted molar refractivity (Wildman–Crippen MR) is 126 cm³/mol. The zero-order valence-corrected chi connectivity index (χ0v) is 19.2. The van der Waals surface area contributed by atoms with E-state index in [9.17, 15) is 9.18 Å². The molecule has 0 N–H and O–H groups in total. The van der Waals surface area contributed by atoms with Crippen LogP contribution in [0.15, 0.2) is 53.7 Å². The SMILES string of the molecule is CC(C)N1CCC(c2nc(C(=O)Cc3cc4cc(-c5cncc(F)c5)ncc4cn3)co2)CC1. The number of rotatable bonds is 6. The van der Waals surface area contributed by atoms with E-state index in [0.29, 0.717) is 34.6 Å². The predicted octanol–water partition coefficient (Wildman–Crippen LogP) is 4.83. The maximum absolute atomic E-state index is 13.6. The van der Waals surface area contributed by atoms with Crippen molar-refractivity contribution in [2.24, 2.45) is 0 Å². The Kier molecular flexibility index (Phi) is 6.15. The van der Waals surface area contributed by atoms with Crippen molar-refractivity contribution in [3.05, 3.63) is 72.3 Å². The van der Waals surface area contributed by atoms with Gasteiger partial charge in [0.15, 0.2) is 11.7 Å².